The summed E-state index contributed by atoms with van der Waals surface area (Å²) < 4.78 is 0. The summed E-state index contributed by atoms with van der Waals surface area (Å²) in [4.78, 5) is 24.2. The van der Waals surface area contributed by atoms with E-state index in [1.165, 1.54) is 6.42 Å². The third-order valence-corrected chi connectivity index (χ3v) is 7.29. The second-order valence-electron chi connectivity index (χ2n) is 9.56. The van der Waals surface area contributed by atoms with E-state index < -0.39 is 0 Å². The summed E-state index contributed by atoms with van der Waals surface area (Å²) in [5, 5.41) is 3.47. The normalized spacial score (nSPS) is 24.8. The Balaban J connectivity index is 0.00000280. The maximum Gasteiger partial charge on any atom is 0.225 e. The van der Waals surface area contributed by atoms with E-state index in [1.807, 2.05) is 0 Å². The largest absolute Gasteiger partial charge is 0.356 e. The van der Waals surface area contributed by atoms with E-state index >= 15 is 0 Å². The Hall–Kier alpha value is -0.570. The van der Waals surface area contributed by atoms with Crippen LogP contribution in [0.1, 0.15) is 53.9 Å². The Bertz CT molecular complexity index is 565. The summed E-state index contributed by atoms with van der Waals surface area (Å²) >= 11 is 0. The Morgan fingerprint density at radius 3 is 2.21 bits per heavy atom. The maximum absolute atomic E-state index is 12.4. The van der Waals surface area contributed by atoms with Gasteiger partial charge in [-0.3, -0.25) is 14.7 Å². The number of piperazine rings is 1. The summed E-state index contributed by atoms with van der Waals surface area (Å²) in [6, 6.07) is 0. The zero-order valence-electron chi connectivity index (χ0n) is 18.5. The average molecular weight is 505 g/mol. The molecule has 0 aromatic carbocycles. The van der Waals surface area contributed by atoms with E-state index in [9.17, 15) is 4.79 Å². The smallest absolute Gasteiger partial charge is 0.225 e. The minimum Gasteiger partial charge on any atom is -0.356 e. The van der Waals surface area contributed by atoms with Gasteiger partial charge in [-0.15, -0.1) is 24.0 Å². The summed E-state index contributed by atoms with van der Waals surface area (Å²) in [6.45, 7) is 18.9. The molecule has 6 nitrogen and oxygen atoms in total. The van der Waals surface area contributed by atoms with Gasteiger partial charge in [0, 0.05) is 62.7 Å². The molecule has 0 aromatic heterocycles. The van der Waals surface area contributed by atoms with Crippen molar-refractivity contribution in [3.8, 4) is 0 Å². The van der Waals surface area contributed by atoms with Crippen molar-refractivity contribution in [3.05, 3.63) is 0 Å². The first-order valence-corrected chi connectivity index (χ1v) is 10.8. The van der Waals surface area contributed by atoms with Gasteiger partial charge in [0.2, 0.25) is 5.91 Å². The molecule has 0 bridgehead atoms. The number of carbonyl (C=O) groups excluding carboxylic acids is 1. The third-order valence-electron chi connectivity index (χ3n) is 7.29. The quantitative estimate of drug-likeness (QED) is 0.355. The fourth-order valence-electron chi connectivity index (χ4n) is 4.20. The van der Waals surface area contributed by atoms with Crippen LogP contribution < -0.4 is 5.32 Å². The number of hydrogen-bond acceptors (Lipinski definition) is 3. The topological polar surface area (TPSA) is 51.2 Å². The van der Waals surface area contributed by atoms with Crippen molar-refractivity contribution < 1.29 is 4.79 Å². The number of nitrogens with one attached hydrogen (secondary N) is 1. The van der Waals surface area contributed by atoms with E-state index in [1.54, 1.807) is 0 Å². The molecule has 0 unspecified atom stereocenters. The highest BCUT2D eigenvalue weighted by Crippen LogP contribution is 2.46. The number of nitrogens with zero attached hydrogens (tertiary/aromatic N) is 4. The molecule has 2 saturated heterocycles. The Labute approximate surface area is 188 Å². The highest BCUT2D eigenvalue weighted by molar-refractivity contribution is 14.0. The van der Waals surface area contributed by atoms with Gasteiger partial charge in [0.15, 0.2) is 5.96 Å². The maximum atomic E-state index is 12.4. The second-order valence-corrected chi connectivity index (χ2v) is 9.56. The number of carbonyl (C=O) groups is 1. The fraction of sp³-hybridized carbons (Fsp3) is 0.905. The van der Waals surface area contributed by atoms with Gasteiger partial charge in [-0.2, -0.15) is 0 Å². The molecule has 1 N–H and O–H groups in total. The number of likely N-dealkylation sites (tertiary alicyclic amines) is 1. The lowest BCUT2D eigenvalue weighted by molar-refractivity contribution is -0.139. The number of rotatable bonds is 5. The number of guanidine groups is 1. The summed E-state index contributed by atoms with van der Waals surface area (Å²) in [6.07, 6.45) is 3.43. The average Bonchev–Trinajstić information content (AvgIpc) is 2.58. The van der Waals surface area contributed by atoms with Gasteiger partial charge in [0.25, 0.3) is 0 Å². The van der Waals surface area contributed by atoms with Crippen molar-refractivity contribution in [2.24, 2.45) is 16.3 Å². The zero-order chi connectivity index (χ0) is 19.7. The highest BCUT2D eigenvalue weighted by Gasteiger charge is 2.53. The van der Waals surface area contributed by atoms with Crippen LogP contribution in [0.3, 0.4) is 0 Å². The monoisotopic (exact) mass is 505 g/mol. The first-order chi connectivity index (χ1) is 12.8. The molecule has 3 aliphatic rings. The molecule has 2 aliphatic heterocycles. The Kier molecular flexibility index (Phi) is 8.04. The second kappa shape index (κ2) is 9.49. The van der Waals surface area contributed by atoms with Crippen molar-refractivity contribution in [2.45, 2.75) is 59.4 Å². The molecular formula is C21H40IN5O. The van der Waals surface area contributed by atoms with Crippen LogP contribution >= 0.6 is 24.0 Å². The van der Waals surface area contributed by atoms with Crippen LogP contribution in [0.15, 0.2) is 4.99 Å². The molecule has 2 heterocycles. The van der Waals surface area contributed by atoms with Gasteiger partial charge in [-0.1, -0.05) is 20.3 Å². The predicted molar refractivity (Wildman–Crippen MR) is 126 cm³/mol. The summed E-state index contributed by atoms with van der Waals surface area (Å²) in [5.74, 6) is 1.77. The lowest BCUT2D eigenvalue weighted by Gasteiger charge is -2.62. The van der Waals surface area contributed by atoms with Gasteiger partial charge in [0.05, 0.1) is 6.54 Å². The predicted octanol–water partition coefficient (Wildman–Crippen LogP) is 2.63. The molecule has 28 heavy (non-hydrogen) atoms. The molecule has 3 rings (SSSR count). The molecular weight excluding hydrogens is 465 g/mol. The fourth-order valence-corrected chi connectivity index (χ4v) is 4.20. The van der Waals surface area contributed by atoms with Crippen LogP contribution in [0.25, 0.3) is 0 Å². The standard InChI is InChI=1S/C21H39N5O.HI/c1-6-22-19(26-16-20(2,3)21(26,4)5)23-10-11-24-12-14-25(15-13-24)18(27)17-8-7-9-17;/h17H,6-16H2,1-5H3,(H,22,23);1H. The zero-order valence-corrected chi connectivity index (χ0v) is 20.8. The number of aliphatic imine (C=N–C) groups is 1. The number of halogens is 1. The van der Waals surface area contributed by atoms with E-state index in [-0.39, 0.29) is 29.5 Å². The van der Waals surface area contributed by atoms with Gasteiger partial charge in [0.1, 0.15) is 0 Å². The Morgan fingerprint density at radius 1 is 1.11 bits per heavy atom. The summed E-state index contributed by atoms with van der Waals surface area (Å²) in [7, 11) is 0. The van der Waals surface area contributed by atoms with Crippen LogP contribution in [0.2, 0.25) is 0 Å². The van der Waals surface area contributed by atoms with Crippen LogP contribution in [0, 0.1) is 11.3 Å². The molecule has 1 aliphatic carbocycles. The molecule has 1 amide bonds. The van der Waals surface area contributed by atoms with Crippen molar-refractivity contribution in [2.75, 3.05) is 52.4 Å². The molecule has 0 radical (unpaired) electrons. The van der Waals surface area contributed by atoms with Crippen molar-refractivity contribution >= 4 is 35.8 Å². The number of amides is 1. The minimum absolute atomic E-state index is 0. The molecule has 1 saturated carbocycles. The van der Waals surface area contributed by atoms with Gasteiger partial charge in [-0.25, -0.2) is 0 Å². The van der Waals surface area contributed by atoms with E-state index in [0.717, 1.165) is 71.2 Å². The molecule has 3 fully saturated rings. The van der Waals surface area contributed by atoms with E-state index in [2.05, 4.69) is 54.6 Å². The third kappa shape index (κ3) is 4.77. The molecule has 0 aromatic rings. The Morgan fingerprint density at radius 2 is 1.75 bits per heavy atom. The molecule has 0 spiro atoms. The number of hydrogen-bond donors (Lipinski definition) is 1. The SMILES string of the molecule is CCNC(=NCCN1CCN(C(=O)C2CCC2)CC1)N1CC(C)(C)C1(C)C.I. The van der Waals surface area contributed by atoms with Gasteiger partial charge in [-0.05, 0) is 33.6 Å². The molecule has 7 heteroatoms. The van der Waals surface area contributed by atoms with Crippen LogP contribution in [-0.2, 0) is 4.79 Å². The van der Waals surface area contributed by atoms with Gasteiger partial charge >= 0.3 is 0 Å². The lowest BCUT2D eigenvalue weighted by atomic mass is 9.65. The van der Waals surface area contributed by atoms with Crippen molar-refractivity contribution in [1.29, 1.82) is 0 Å². The van der Waals surface area contributed by atoms with Crippen LogP contribution in [-0.4, -0.2) is 84.5 Å². The highest BCUT2D eigenvalue weighted by atomic mass is 127. The molecule has 162 valence electrons. The van der Waals surface area contributed by atoms with Crippen molar-refractivity contribution in [1.82, 2.24) is 20.0 Å². The first kappa shape index (κ1) is 23.7. The summed E-state index contributed by atoms with van der Waals surface area (Å²) in [5.41, 5.74) is 0.439. The van der Waals surface area contributed by atoms with Crippen LogP contribution in [0.5, 0.6) is 0 Å². The van der Waals surface area contributed by atoms with E-state index in [0.29, 0.717) is 17.2 Å². The van der Waals surface area contributed by atoms with E-state index in [4.69, 9.17) is 4.99 Å². The minimum atomic E-state index is 0. The molecule has 0 atom stereocenters. The first-order valence-electron chi connectivity index (χ1n) is 10.8. The van der Waals surface area contributed by atoms with Gasteiger partial charge < -0.3 is 15.1 Å². The lowest BCUT2D eigenvalue weighted by Crippen LogP contribution is -2.72. The van der Waals surface area contributed by atoms with Crippen LogP contribution in [0.4, 0.5) is 0 Å². The van der Waals surface area contributed by atoms with Crippen molar-refractivity contribution in [3.63, 3.8) is 0 Å².